The second kappa shape index (κ2) is 9.02. The van der Waals surface area contributed by atoms with Crippen LogP contribution in [-0.2, 0) is 16.0 Å². The number of hydrogen-bond donors (Lipinski definition) is 0. The molecule has 0 saturated heterocycles. The maximum absolute atomic E-state index is 14.1. The minimum Gasteiger partial charge on any atom is -0.333 e. The number of carbonyl (C=O) groups is 2. The zero-order valence-corrected chi connectivity index (χ0v) is 21.4. The van der Waals surface area contributed by atoms with Crippen LogP contribution in [0.3, 0.4) is 0 Å². The van der Waals surface area contributed by atoms with Gasteiger partial charge in [0.2, 0.25) is 11.8 Å². The summed E-state index contributed by atoms with van der Waals surface area (Å²) in [6, 6.07) is 8.39. The van der Waals surface area contributed by atoms with Crippen LogP contribution in [-0.4, -0.2) is 41.2 Å². The molecule has 35 heavy (non-hydrogen) atoms. The van der Waals surface area contributed by atoms with Crippen molar-refractivity contribution in [3.63, 3.8) is 0 Å². The highest BCUT2D eigenvalue weighted by Gasteiger charge is 2.55. The van der Waals surface area contributed by atoms with Gasteiger partial charge in [-0.3, -0.25) is 9.59 Å². The van der Waals surface area contributed by atoms with Crippen LogP contribution >= 0.6 is 11.3 Å². The average Bonchev–Trinajstić information content (AvgIpc) is 3.31. The third-order valence-corrected chi connectivity index (χ3v) is 10.1. The third kappa shape index (κ3) is 4.12. The topological polar surface area (TPSA) is 40.6 Å². The van der Waals surface area contributed by atoms with Crippen molar-refractivity contribution < 1.29 is 14.0 Å². The lowest BCUT2D eigenvalue weighted by Gasteiger charge is -2.56. The number of halogens is 1. The molecule has 1 aromatic heterocycles. The van der Waals surface area contributed by atoms with E-state index in [-0.39, 0.29) is 35.6 Å². The summed E-state index contributed by atoms with van der Waals surface area (Å²) in [5.74, 6) is 2.06. The molecular formula is C29H35FN2O2S. The molecule has 4 bridgehead atoms. The van der Waals surface area contributed by atoms with Gasteiger partial charge < -0.3 is 9.80 Å². The molecule has 4 fully saturated rings. The molecule has 2 heterocycles. The van der Waals surface area contributed by atoms with Crippen LogP contribution in [0.25, 0.3) is 0 Å². The van der Waals surface area contributed by atoms with E-state index in [1.165, 1.54) is 36.3 Å². The van der Waals surface area contributed by atoms with E-state index >= 15 is 0 Å². The van der Waals surface area contributed by atoms with Crippen molar-refractivity contribution in [1.29, 1.82) is 0 Å². The Morgan fingerprint density at radius 2 is 1.71 bits per heavy atom. The molecule has 1 aromatic carbocycles. The van der Waals surface area contributed by atoms with Gasteiger partial charge in [-0.25, -0.2) is 4.39 Å². The molecule has 4 aliphatic carbocycles. The Kier molecular flexibility index (Phi) is 5.98. The van der Waals surface area contributed by atoms with Gasteiger partial charge in [-0.2, -0.15) is 0 Å². The first-order chi connectivity index (χ1) is 17.0. The zero-order valence-electron chi connectivity index (χ0n) is 20.5. The Morgan fingerprint density at radius 3 is 2.34 bits per heavy atom. The molecule has 2 aromatic rings. The van der Waals surface area contributed by atoms with Gasteiger partial charge in [0.15, 0.2) is 0 Å². The van der Waals surface area contributed by atoms with Crippen molar-refractivity contribution >= 4 is 23.2 Å². The molecule has 1 unspecified atom stereocenters. The van der Waals surface area contributed by atoms with Crippen LogP contribution in [0.1, 0.15) is 73.9 Å². The first-order valence-electron chi connectivity index (χ1n) is 13.4. The van der Waals surface area contributed by atoms with Gasteiger partial charge in [0.25, 0.3) is 0 Å². The van der Waals surface area contributed by atoms with E-state index in [0.717, 1.165) is 43.2 Å². The Labute approximate surface area is 211 Å². The van der Waals surface area contributed by atoms with Crippen molar-refractivity contribution in [3.05, 3.63) is 57.5 Å². The van der Waals surface area contributed by atoms with E-state index < -0.39 is 0 Å². The van der Waals surface area contributed by atoms with Crippen molar-refractivity contribution in [1.82, 2.24) is 9.80 Å². The summed E-state index contributed by atoms with van der Waals surface area (Å²) in [5, 5.41) is 2.08. The van der Waals surface area contributed by atoms with E-state index in [2.05, 4.69) is 18.4 Å². The van der Waals surface area contributed by atoms with Crippen LogP contribution < -0.4 is 0 Å². The van der Waals surface area contributed by atoms with Gasteiger partial charge >= 0.3 is 0 Å². The minimum atomic E-state index is -0.275. The van der Waals surface area contributed by atoms with Crippen molar-refractivity contribution in [2.75, 3.05) is 19.6 Å². The first kappa shape index (κ1) is 23.2. The van der Waals surface area contributed by atoms with Crippen molar-refractivity contribution in [3.8, 4) is 0 Å². The molecular weight excluding hydrogens is 459 g/mol. The highest BCUT2D eigenvalue weighted by atomic mass is 32.1. The summed E-state index contributed by atoms with van der Waals surface area (Å²) >= 11 is 1.72. The predicted octanol–water partition coefficient (Wildman–Crippen LogP) is 5.82. The van der Waals surface area contributed by atoms with Crippen LogP contribution in [0.15, 0.2) is 35.7 Å². The van der Waals surface area contributed by atoms with E-state index in [9.17, 15) is 14.0 Å². The van der Waals surface area contributed by atoms with Crippen LogP contribution in [0.2, 0.25) is 0 Å². The van der Waals surface area contributed by atoms with Gasteiger partial charge in [-0.15, -0.1) is 11.3 Å². The van der Waals surface area contributed by atoms with Crippen LogP contribution in [0.4, 0.5) is 4.39 Å². The van der Waals surface area contributed by atoms with Crippen molar-refractivity contribution in [2.24, 2.45) is 23.2 Å². The Hall–Kier alpha value is -2.21. The van der Waals surface area contributed by atoms with E-state index in [1.54, 1.807) is 23.5 Å². The smallest absolute Gasteiger partial charge is 0.242 e. The fourth-order valence-electron chi connectivity index (χ4n) is 8.07. The number of fused-ring (bicyclic) bond motifs is 1. The number of thiophene rings is 1. The Bertz CT molecular complexity index is 1070. The fraction of sp³-hybridized carbons (Fsp3) is 0.586. The lowest BCUT2D eigenvalue weighted by molar-refractivity contribution is -0.160. The molecule has 0 spiro atoms. The normalized spacial score (nSPS) is 30.9. The highest BCUT2D eigenvalue weighted by molar-refractivity contribution is 7.10. The zero-order chi connectivity index (χ0) is 24.2. The van der Waals surface area contributed by atoms with Gasteiger partial charge in [-0.1, -0.05) is 19.1 Å². The maximum Gasteiger partial charge on any atom is 0.242 e. The minimum absolute atomic E-state index is 0.00250. The monoisotopic (exact) mass is 494 g/mol. The molecule has 0 radical (unpaired) electrons. The molecule has 6 heteroatoms. The molecule has 1 atom stereocenters. The second-order valence-electron chi connectivity index (χ2n) is 11.5. The van der Waals surface area contributed by atoms with Gasteiger partial charge in [-0.05, 0) is 104 Å². The number of nitrogens with zero attached hydrogens (tertiary/aromatic N) is 2. The van der Waals surface area contributed by atoms with Crippen molar-refractivity contribution in [2.45, 2.75) is 64.3 Å². The van der Waals surface area contributed by atoms with Gasteiger partial charge in [0, 0.05) is 18.0 Å². The van der Waals surface area contributed by atoms with Crippen LogP contribution in [0.5, 0.6) is 0 Å². The SMILES string of the molecule is CCCN(CC(=O)N1CCc2sccc2C1c1ccc(F)cc1)C(=O)C12CC3CC(CC(C3)C1)C2. The number of carbonyl (C=O) groups excluding carboxylic acids is 2. The molecule has 1 aliphatic heterocycles. The molecule has 2 amide bonds. The quantitative estimate of drug-likeness (QED) is 0.508. The largest absolute Gasteiger partial charge is 0.333 e. The highest BCUT2D eigenvalue weighted by Crippen LogP contribution is 2.60. The summed E-state index contributed by atoms with van der Waals surface area (Å²) < 4.78 is 13.7. The summed E-state index contributed by atoms with van der Waals surface area (Å²) in [5.41, 5.74) is 1.83. The van der Waals surface area contributed by atoms with E-state index in [1.807, 2.05) is 9.80 Å². The lowest BCUT2D eigenvalue weighted by atomic mass is 9.49. The molecule has 4 nitrogen and oxygen atoms in total. The van der Waals surface area contributed by atoms with E-state index in [0.29, 0.717) is 30.8 Å². The maximum atomic E-state index is 14.1. The Balaban J connectivity index is 1.25. The molecule has 4 saturated carbocycles. The summed E-state index contributed by atoms with van der Waals surface area (Å²) in [7, 11) is 0. The third-order valence-electron chi connectivity index (χ3n) is 9.07. The first-order valence-corrected chi connectivity index (χ1v) is 14.2. The molecule has 0 N–H and O–H groups in total. The number of rotatable bonds is 6. The standard InChI is InChI=1S/C29H35FN2O2S/c1-2-9-31(28(34)29-15-19-12-20(16-29)14-21(13-19)17-29)18-26(33)32-10-7-25-24(8-11-35-25)27(32)22-3-5-23(30)6-4-22/h3-6,8,11,19-21,27H,2,7,9-10,12-18H2,1H3. The van der Waals surface area contributed by atoms with Gasteiger partial charge in [0.1, 0.15) is 5.82 Å². The summed E-state index contributed by atoms with van der Waals surface area (Å²) in [4.78, 5) is 33.0. The average molecular weight is 495 g/mol. The number of hydrogen-bond acceptors (Lipinski definition) is 3. The second-order valence-corrected chi connectivity index (χ2v) is 12.5. The fourth-order valence-corrected chi connectivity index (χ4v) is 8.98. The summed E-state index contributed by atoms with van der Waals surface area (Å²) in [6.45, 7) is 3.49. The predicted molar refractivity (Wildman–Crippen MR) is 135 cm³/mol. The molecule has 5 aliphatic rings. The molecule has 186 valence electrons. The molecule has 7 rings (SSSR count). The Morgan fingerprint density at radius 1 is 1.06 bits per heavy atom. The van der Waals surface area contributed by atoms with Crippen LogP contribution in [0, 0.1) is 29.0 Å². The van der Waals surface area contributed by atoms with Gasteiger partial charge in [0.05, 0.1) is 18.0 Å². The summed E-state index contributed by atoms with van der Waals surface area (Å²) in [6.07, 6.45) is 8.64. The number of amides is 2. The van der Waals surface area contributed by atoms with E-state index in [4.69, 9.17) is 0 Å². The number of benzene rings is 1. The lowest BCUT2D eigenvalue weighted by Crippen LogP contribution is -2.56.